The normalized spacial score (nSPS) is 10.2. The maximum atomic E-state index is 11.9. The molecule has 2 rings (SSSR count). The Balaban J connectivity index is 2.06. The van der Waals surface area contributed by atoms with Crippen molar-refractivity contribution in [1.82, 2.24) is 9.97 Å². The van der Waals surface area contributed by atoms with Gasteiger partial charge in [0.05, 0.1) is 35.2 Å². The van der Waals surface area contributed by atoms with Gasteiger partial charge >= 0.3 is 5.97 Å². The van der Waals surface area contributed by atoms with Crippen molar-refractivity contribution in [1.29, 1.82) is 0 Å². The number of nitrogens with zero attached hydrogens (tertiary/aromatic N) is 2. The van der Waals surface area contributed by atoms with E-state index in [4.69, 9.17) is 5.11 Å². The van der Waals surface area contributed by atoms with E-state index in [1.165, 1.54) is 17.5 Å². The molecule has 2 aromatic heterocycles. The average molecular weight is 277 g/mol. The van der Waals surface area contributed by atoms with Crippen molar-refractivity contribution >= 4 is 28.9 Å². The van der Waals surface area contributed by atoms with Crippen LogP contribution in [0.4, 0.5) is 5.69 Å². The molecule has 0 saturated heterocycles. The van der Waals surface area contributed by atoms with E-state index in [9.17, 15) is 9.59 Å². The van der Waals surface area contributed by atoms with E-state index in [1.807, 2.05) is 0 Å². The minimum Gasteiger partial charge on any atom is -0.481 e. The fourth-order valence-corrected chi connectivity index (χ4v) is 2.16. The van der Waals surface area contributed by atoms with Crippen molar-refractivity contribution in [2.24, 2.45) is 0 Å². The Kier molecular flexibility index (Phi) is 3.86. The number of anilines is 1. The minimum absolute atomic E-state index is 0.137. The standard InChI is InChI=1S/C12H11N3O3S/c1-7-11(19-6-14-7)12(18)15-9-3-2-8(13-5-9)4-10(16)17/h2-3,5-6H,4H2,1H3,(H,15,18)(H,16,17). The van der Waals surface area contributed by atoms with Gasteiger partial charge in [0.1, 0.15) is 4.88 Å². The molecule has 0 aliphatic rings. The number of rotatable bonds is 4. The van der Waals surface area contributed by atoms with Gasteiger partial charge in [-0.1, -0.05) is 0 Å². The number of carbonyl (C=O) groups is 2. The largest absolute Gasteiger partial charge is 0.481 e. The first kappa shape index (κ1) is 13.2. The highest BCUT2D eigenvalue weighted by Gasteiger charge is 2.12. The summed E-state index contributed by atoms with van der Waals surface area (Å²) < 4.78 is 0. The molecular weight excluding hydrogens is 266 g/mol. The maximum Gasteiger partial charge on any atom is 0.309 e. The summed E-state index contributed by atoms with van der Waals surface area (Å²) in [7, 11) is 0. The Labute approximate surface area is 113 Å². The van der Waals surface area contributed by atoms with Gasteiger partial charge in [-0.15, -0.1) is 11.3 Å². The van der Waals surface area contributed by atoms with E-state index < -0.39 is 5.97 Å². The third kappa shape index (κ3) is 3.35. The van der Waals surface area contributed by atoms with Crippen LogP contribution in [0.15, 0.2) is 23.8 Å². The SMILES string of the molecule is Cc1ncsc1C(=O)Nc1ccc(CC(=O)O)nc1. The number of aryl methyl sites for hydroxylation is 1. The molecule has 0 aromatic carbocycles. The van der Waals surface area contributed by atoms with E-state index in [0.29, 0.717) is 22.0 Å². The highest BCUT2D eigenvalue weighted by molar-refractivity contribution is 7.12. The Morgan fingerprint density at radius 3 is 2.68 bits per heavy atom. The lowest BCUT2D eigenvalue weighted by atomic mass is 10.2. The quantitative estimate of drug-likeness (QED) is 0.887. The summed E-state index contributed by atoms with van der Waals surface area (Å²) in [6.07, 6.45) is 1.30. The van der Waals surface area contributed by atoms with Gasteiger partial charge < -0.3 is 10.4 Å². The van der Waals surface area contributed by atoms with Crippen molar-refractivity contribution in [2.45, 2.75) is 13.3 Å². The molecule has 1 amide bonds. The molecule has 0 radical (unpaired) electrons. The predicted octanol–water partition coefficient (Wildman–Crippen LogP) is 1.73. The number of nitrogens with one attached hydrogen (secondary N) is 1. The predicted molar refractivity (Wildman–Crippen MR) is 70.4 cm³/mol. The van der Waals surface area contributed by atoms with E-state index in [0.717, 1.165) is 0 Å². The molecule has 0 atom stereocenters. The van der Waals surface area contributed by atoms with Crippen LogP contribution in [0.2, 0.25) is 0 Å². The fraction of sp³-hybridized carbons (Fsp3) is 0.167. The monoisotopic (exact) mass is 277 g/mol. The smallest absolute Gasteiger partial charge is 0.309 e. The van der Waals surface area contributed by atoms with Crippen LogP contribution >= 0.6 is 11.3 Å². The Morgan fingerprint density at radius 2 is 2.16 bits per heavy atom. The van der Waals surface area contributed by atoms with Crippen LogP contribution < -0.4 is 5.32 Å². The summed E-state index contributed by atoms with van der Waals surface area (Å²) in [6, 6.07) is 3.20. The molecule has 6 nitrogen and oxygen atoms in total. The first-order chi connectivity index (χ1) is 9.06. The van der Waals surface area contributed by atoms with Gasteiger partial charge in [-0.25, -0.2) is 4.98 Å². The van der Waals surface area contributed by atoms with E-state index in [-0.39, 0.29) is 12.3 Å². The summed E-state index contributed by atoms with van der Waals surface area (Å²) in [4.78, 5) is 30.9. The number of aromatic nitrogens is 2. The molecule has 0 bridgehead atoms. The second kappa shape index (κ2) is 5.57. The molecular formula is C12H11N3O3S. The van der Waals surface area contributed by atoms with Crippen LogP contribution in [0, 0.1) is 6.92 Å². The molecule has 0 aliphatic carbocycles. The molecule has 19 heavy (non-hydrogen) atoms. The minimum atomic E-state index is -0.940. The number of pyridine rings is 1. The molecule has 0 aliphatic heterocycles. The summed E-state index contributed by atoms with van der Waals surface area (Å²) in [5.41, 5.74) is 3.25. The molecule has 98 valence electrons. The topological polar surface area (TPSA) is 92.2 Å². The van der Waals surface area contributed by atoms with Crippen molar-refractivity contribution in [3.8, 4) is 0 Å². The second-order valence-electron chi connectivity index (χ2n) is 3.83. The molecule has 0 spiro atoms. The van der Waals surface area contributed by atoms with Crippen LogP contribution in [0.25, 0.3) is 0 Å². The van der Waals surface area contributed by atoms with Gasteiger partial charge in [0.15, 0.2) is 0 Å². The van der Waals surface area contributed by atoms with E-state index >= 15 is 0 Å². The van der Waals surface area contributed by atoms with Gasteiger partial charge in [-0.3, -0.25) is 14.6 Å². The van der Waals surface area contributed by atoms with Gasteiger partial charge in [-0.2, -0.15) is 0 Å². The Bertz CT molecular complexity index is 607. The van der Waals surface area contributed by atoms with Crippen LogP contribution in [-0.4, -0.2) is 27.0 Å². The molecule has 0 unspecified atom stereocenters. The molecule has 0 fully saturated rings. The number of aliphatic carboxylic acids is 1. The number of carboxylic acid groups (broad SMARTS) is 1. The zero-order chi connectivity index (χ0) is 13.8. The number of thiazole rings is 1. The molecule has 2 aromatic rings. The molecule has 0 saturated carbocycles. The highest BCUT2D eigenvalue weighted by atomic mass is 32.1. The lowest BCUT2D eigenvalue weighted by Gasteiger charge is -2.04. The van der Waals surface area contributed by atoms with Crippen molar-refractivity contribution in [3.63, 3.8) is 0 Å². The van der Waals surface area contributed by atoms with Gasteiger partial charge in [-0.05, 0) is 19.1 Å². The van der Waals surface area contributed by atoms with Crippen LogP contribution in [0.1, 0.15) is 21.1 Å². The van der Waals surface area contributed by atoms with Gasteiger partial charge in [0, 0.05) is 0 Å². The van der Waals surface area contributed by atoms with Crippen molar-refractivity contribution < 1.29 is 14.7 Å². The lowest BCUT2D eigenvalue weighted by Crippen LogP contribution is -2.12. The zero-order valence-electron chi connectivity index (χ0n) is 10.1. The fourth-order valence-electron chi connectivity index (χ4n) is 1.47. The number of carbonyl (C=O) groups excluding carboxylic acids is 1. The summed E-state index contributed by atoms with van der Waals surface area (Å²) in [5.74, 6) is -1.18. The first-order valence-electron chi connectivity index (χ1n) is 5.44. The molecule has 7 heteroatoms. The van der Waals surface area contributed by atoms with Crippen LogP contribution in [0.5, 0.6) is 0 Å². The third-order valence-electron chi connectivity index (χ3n) is 2.37. The van der Waals surface area contributed by atoms with Crippen LogP contribution in [0.3, 0.4) is 0 Å². The highest BCUT2D eigenvalue weighted by Crippen LogP contribution is 2.15. The Hall–Kier alpha value is -2.28. The van der Waals surface area contributed by atoms with Gasteiger partial charge in [0.25, 0.3) is 5.91 Å². The maximum absolute atomic E-state index is 11.9. The van der Waals surface area contributed by atoms with E-state index in [1.54, 1.807) is 24.6 Å². The summed E-state index contributed by atoms with van der Waals surface area (Å²) in [6.45, 7) is 1.76. The first-order valence-corrected chi connectivity index (χ1v) is 6.32. The lowest BCUT2D eigenvalue weighted by molar-refractivity contribution is -0.136. The third-order valence-corrected chi connectivity index (χ3v) is 3.29. The molecule has 2 N–H and O–H groups in total. The number of hydrogen-bond donors (Lipinski definition) is 2. The average Bonchev–Trinajstić information content (AvgIpc) is 2.77. The molecule has 2 heterocycles. The van der Waals surface area contributed by atoms with Crippen LogP contribution in [-0.2, 0) is 11.2 Å². The summed E-state index contributed by atoms with van der Waals surface area (Å²) in [5, 5.41) is 11.3. The van der Waals surface area contributed by atoms with Gasteiger partial charge in [0.2, 0.25) is 0 Å². The zero-order valence-corrected chi connectivity index (χ0v) is 10.9. The van der Waals surface area contributed by atoms with Crippen molar-refractivity contribution in [2.75, 3.05) is 5.32 Å². The second-order valence-corrected chi connectivity index (χ2v) is 4.68. The van der Waals surface area contributed by atoms with E-state index in [2.05, 4.69) is 15.3 Å². The number of hydrogen-bond acceptors (Lipinski definition) is 5. The summed E-state index contributed by atoms with van der Waals surface area (Å²) >= 11 is 1.27. The number of amides is 1. The van der Waals surface area contributed by atoms with Crippen molar-refractivity contribution in [3.05, 3.63) is 40.1 Å². The Morgan fingerprint density at radius 1 is 1.37 bits per heavy atom. The number of carboxylic acids is 1.